The van der Waals surface area contributed by atoms with Crippen molar-refractivity contribution >= 4 is 33.2 Å². The van der Waals surface area contributed by atoms with Gasteiger partial charge in [-0.3, -0.25) is 4.79 Å². The van der Waals surface area contributed by atoms with Crippen molar-refractivity contribution in [3.05, 3.63) is 38.5 Å². The number of amides is 1. The Kier molecular flexibility index (Phi) is 3.45. The fourth-order valence-electron chi connectivity index (χ4n) is 2.40. The van der Waals surface area contributed by atoms with E-state index in [4.69, 9.17) is 0 Å². The van der Waals surface area contributed by atoms with Gasteiger partial charge in [0.05, 0.1) is 15.0 Å². The van der Waals surface area contributed by atoms with E-state index in [0.717, 1.165) is 40.3 Å². The van der Waals surface area contributed by atoms with Crippen LogP contribution in [0.5, 0.6) is 0 Å². The van der Waals surface area contributed by atoms with E-state index in [1.807, 2.05) is 18.4 Å². The lowest BCUT2D eigenvalue weighted by Crippen LogP contribution is -2.40. The molecule has 0 fully saturated rings. The monoisotopic (exact) mass is 339 g/mol. The number of hydrogen-bond donors (Lipinski definition) is 1. The van der Waals surface area contributed by atoms with Gasteiger partial charge in [-0.1, -0.05) is 0 Å². The summed E-state index contributed by atoms with van der Waals surface area (Å²) in [5.74, 6) is 1.13. The molecule has 0 saturated heterocycles. The lowest BCUT2D eigenvalue weighted by molar-refractivity contribution is 0.0928. The molecule has 6 heteroatoms. The molecule has 100 valence electrons. The van der Waals surface area contributed by atoms with Gasteiger partial charge >= 0.3 is 0 Å². The zero-order valence-electron chi connectivity index (χ0n) is 10.5. The first-order chi connectivity index (χ1) is 9.11. The van der Waals surface area contributed by atoms with E-state index < -0.39 is 0 Å². The maximum Gasteiger partial charge on any atom is 0.252 e. The number of rotatable bonds is 2. The summed E-state index contributed by atoms with van der Waals surface area (Å²) in [6, 6.07) is 2.04. The molecular formula is C13H14BrN3OS. The fraction of sp³-hybridized carbons (Fsp3) is 0.385. The number of nitrogens with one attached hydrogen (secondary N) is 1. The Balaban J connectivity index is 1.67. The molecule has 19 heavy (non-hydrogen) atoms. The summed E-state index contributed by atoms with van der Waals surface area (Å²) in [6.45, 7) is 2.81. The van der Waals surface area contributed by atoms with Crippen LogP contribution in [0.15, 0.2) is 21.4 Å². The second-order valence-electron chi connectivity index (χ2n) is 4.80. The molecule has 1 atom stereocenters. The lowest BCUT2D eigenvalue weighted by Gasteiger charge is -2.24. The number of imidazole rings is 1. The van der Waals surface area contributed by atoms with E-state index in [1.54, 1.807) is 0 Å². The topological polar surface area (TPSA) is 46.9 Å². The highest BCUT2D eigenvalue weighted by atomic mass is 79.9. The van der Waals surface area contributed by atoms with Crippen LogP contribution in [0.2, 0.25) is 0 Å². The number of halogens is 1. The van der Waals surface area contributed by atoms with E-state index in [-0.39, 0.29) is 11.9 Å². The minimum atomic E-state index is 0.00670. The van der Waals surface area contributed by atoms with Gasteiger partial charge in [0, 0.05) is 30.6 Å². The molecule has 1 N–H and O–H groups in total. The molecule has 4 nitrogen and oxygen atoms in total. The standard InChI is InChI=1S/C13H14BrN3OS/c1-8-5-17-6-10(2-3-12(17)15-8)16-13(18)9-4-11(14)19-7-9/h4-5,7,10H,2-3,6H2,1H3,(H,16,18). The van der Waals surface area contributed by atoms with E-state index >= 15 is 0 Å². The molecule has 0 spiro atoms. The first-order valence-corrected chi connectivity index (χ1v) is 7.86. The molecule has 1 amide bonds. The van der Waals surface area contributed by atoms with Crippen molar-refractivity contribution in [2.24, 2.45) is 0 Å². The van der Waals surface area contributed by atoms with Gasteiger partial charge in [-0.15, -0.1) is 11.3 Å². The van der Waals surface area contributed by atoms with E-state index in [1.165, 1.54) is 11.3 Å². The van der Waals surface area contributed by atoms with Crippen LogP contribution >= 0.6 is 27.3 Å². The maximum absolute atomic E-state index is 12.1. The number of thiophene rings is 1. The van der Waals surface area contributed by atoms with Crippen LogP contribution in [0.3, 0.4) is 0 Å². The Morgan fingerprint density at radius 2 is 2.47 bits per heavy atom. The average molecular weight is 340 g/mol. The Bertz CT molecular complexity index is 619. The molecule has 2 aromatic heterocycles. The summed E-state index contributed by atoms with van der Waals surface area (Å²) in [5.41, 5.74) is 1.77. The molecule has 3 rings (SSSR count). The summed E-state index contributed by atoms with van der Waals surface area (Å²) in [5, 5.41) is 4.97. The van der Waals surface area contributed by atoms with Gasteiger partial charge in [0.1, 0.15) is 5.82 Å². The average Bonchev–Trinajstić information content (AvgIpc) is 2.93. The van der Waals surface area contributed by atoms with E-state index in [9.17, 15) is 4.79 Å². The molecule has 0 aliphatic carbocycles. The van der Waals surface area contributed by atoms with Crippen molar-refractivity contribution in [2.45, 2.75) is 32.4 Å². The van der Waals surface area contributed by atoms with Crippen molar-refractivity contribution in [3.8, 4) is 0 Å². The number of nitrogens with zero attached hydrogens (tertiary/aromatic N) is 2. The molecular weight excluding hydrogens is 326 g/mol. The summed E-state index contributed by atoms with van der Waals surface area (Å²) in [4.78, 5) is 16.6. The molecule has 0 saturated carbocycles. The van der Waals surface area contributed by atoms with Gasteiger partial charge < -0.3 is 9.88 Å². The van der Waals surface area contributed by atoms with Crippen molar-refractivity contribution < 1.29 is 4.79 Å². The molecule has 1 unspecified atom stereocenters. The highest BCUT2D eigenvalue weighted by molar-refractivity contribution is 9.11. The predicted molar refractivity (Wildman–Crippen MR) is 78.6 cm³/mol. The molecule has 1 aliphatic rings. The highest BCUT2D eigenvalue weighted by Gasteiger charge is 2.21. The molecule has 0 aromatic carbocycles. The fourth-order valence-corrected chi connectivity index (χ4v) is 3.54. The minimum absolute atomic E-state index is 0.00670. The Hall–Kier alpha value is -1.14. The van der Waals surface area contributed by atoms with Crippen molar-refractivity contribution in [1.29, 1.82) is 0 Å². The lowest BCUT2D eigenvalue weighted by atomic mass is 10.1. The van der Waals surface area contributed by atoms with Crippen LogP contribution in [-0.2, 0) is 13.0 Å². The van der Waals surface area contributed by atoms with Crippen LogP contribution in [0.25, 0.3) is 0 Å². The SMILES string of the molecule is Cc1cn2c(n1)CCC(NC(=O)c1csc(Br)c1)C2. The van der Waals surface area contributed by atoms with Gasteiger partial charge in [0.15, 0.2) is 0 Å². The molecule has 0 bridgehead atoms. The molecule has 0 radical (unpaired) electrons. The first kappa shape index (κ1) is 12.9. The van der Waals surface area contributed by atoms with Crippen LogP contribution in [-0.4, -0.2) is 21.5 Å². The van der Waals surface area contributed by atoms with Crippen LogP contribution < -0.4 is 5.32 Å². The van der Waals surface area contributed by atoms with Gasteiger partial charge in [0.25, 0.3) is 5.91 Å². The highest BCUT2D eigenvalue weighted by Crippen LogP contribution is 2.21. The predicted octanol–water partition coefficient (Wildman–Crippen LogP) is 2.76. The Labute approximate surface area is 124 Å². The number of aromatic nitrogens is 2. The van der Waals surface area contributed by atoms with E-state index in [2.05, 4.69) is 37.0 Å². The summed E-state index contributed by atoms with van der Waals surface area (Å²) in [6.07, 6.45) is 3.93. The van der Waals surface area contributed by atoms with Crippen LogP contribution in [0, 0.1) is 6.92 Å². The number of carbonyl (C=O) groups excluding carboxylic acids is 1. The largest absolute Gasteiger partial charge is 0.347 e. The van der Waals surface area contributed by atoms with Crippen molar-refractivity contribution in [3.63, 3.8) is 0 Å². The minimum Gasteiger partial charge on any atom is -0.347 e. The summed E-state index contributed by atoms with van der Waals surface area (Å²) in [7, 11) is 0. The Morgan fingerprint density at radius 1 is 1.63 bits per heavy atom. The molecule has 1 aliphatic heterocycles. The normalized spacial score (nSPS) is 18.1. The zero-order valence-corrected chi connectivity index (χ0v) is 12.9. The third-order valence-corrected chi connectivity index (χ3v) is 4.78. The van der Waals surface area contributed by atoms with Crippen molar-refractivity contribution in [1.82, 2.24) is 14.9 Å². The van der Waals surface area contributed by atoms with Crippen molar-refractivity contribution in [2.75, 3.05) is 0 Å². The number of fused-ring (bicyclic) bond motifs is 1. The molecule has 3 heterocycles. The van der Waals surface area contributed by atoms with Gasteiger partial charge in [-0.05, 0) is 35.3 Å². The van der Waals surface area contributed by atoms with Gasteiger partial charge in [-0.25, -0.2) is 4.98 Å². The van der Waals surface area contributed by atoms with Gasteiger partial charge in [-0.2, -0.15) is 0 Å². The number of carbonyl (C=O) groups is 1. The van der Waals surface area contributed by atoms with Crippen LogP contribution in [0.4, 0.5) is 0 Å². The maximum atomic E-state index is 12.1. The second kappa shape index (κ2) is 5.09. The molecule has 2 aromatic rings. The number of hydrogen-bond acceptors (Lipinski definition) is 3. The summed E-state index contributed by atoms with van der Waals surface area (Å²) < 4.78 is 3.13. The number of aryl methyl sites for hydroxylation is 2. The van der Waals surface area contributed by atoms with E-state index in [0.29, 0.717) is 0 Å². The quantitative estimate of drug-likeness (QED) is 0.914. The summed E-state index contributed by atoms with van der Waals surface area (Å²) >= 11 is 4.90. The van der Waals surface area contributed by atoms with Gasteiger partial charge in [0.2, 0.25) is 0 Å². The second-order valence-corrected chi connectivity index (χ2v) is 7.09. The first-order valence-electron chi connectivity index (χ1n) is 6.19. The smallest absolute Gasteiger partial charge is 0.252 e. The zero-order chi connectivity index (χ0) is 13.4. The Morgan fingerprint density at radius 3 is 3.21 bits per heavy atom. The third kappa shape index (κ3) is 2.74. The third-order valence-electron chi connectivity index (χ3n) is 3.28. The van der Waals surface area contributed by atoms with Crippen LogP contribution in [0.1, 0.15) is 28.3 Å².